The van der Waals surface area contributed by atoms with E-state index in [2.05, 4.69) is 27.1 Å². The molecule has 1 unspecified atom stereocenters. The summed E-state index contributed by atoms with van der Waals surface area (Å²) in [6.45, 7) is 6.08. The van der Waals surface area contributed by atoms with Crippen molar-refractivity contribution in [1.29, 1.82) is 0 Å². The van der Waals surface area contributed by atoms with Crippen molar-refractivity contribution in [2.75, 3.05) is 13.7 Å². The van der Waals surface area contributed by atoms with E-state index in [-0.39, 0.29) is 18.6 Å². The second kappa shape index (κ2) is 8.96. The van der Waals surface area contributed by atoms with Crippen LogP contribution in [0.4, 0.5) is 0 Å². The number of carbonyl (C=O) groups excluding carboxylic acids is 1. The highest BCUT2D eigenvalue weighted by molar-refractivity contribution is 6.31. The van der Waals surface area contributed by atoms with E-state index in [0.29, 0.717) is 27.5 Å². The first-order chi connectivity index (χ1) is 15.5. The Morgan fingerprint density at radius 2 is 2.00 bits per heavy atom. The number of esters is 1. The van der Waals surface area contributed by atoms with Gasteiger partial charge in [0.25, 0.3) is 5.95 Å². The summed E-state index contributed by atoms with van der Waals surface area (Å²) < 4.78 is 13.9. The standard InChI is InChI=1S/C22H23ClN6O3/c1-5-18(14-8-7-13(3)16(23)9-14)29-19-17(11-25-29)26-22(27-20(19)31-4)28-12-15(10-24-28)21(30)32-6-2/h7-12,18H,5-6H2,1-4H3. The van der Waals surface area contributed by atoms with Crippen LogP contribution in [0, 0.1) is 6.92 Å². The van der Waals surface area contributed by atoms with Crippen molar-refractivity contribution in [1.82, 2.24) is 29.5 Å². The molecule has 0 N–H and O–H groups in total. The number of fused-ring (bicyclic) bond motifs is 1. The van der Waals surface area contributed by atoms with Crippen LogP contribution in [0.2, 0.25) is 5.02 Å². The van der Waals surface area contributed by atoms with E-state index >= 15 is 0 Å². The number of methoxy groups -OCH3 is 1. The van der Waals surface area contributed by atoms with Crippen molar-refractivity contribution < 1.29 is 14.3 Å². The predicted molar refractivity (Wildman–Crippen MR) is 120 cm³/mol. The molecular weight excluding hydrogens is 432 g/mol. The van der Waals surface area contributed by atoms with Gasteiger partial charge in [-0.2, -0.15) is 15.2 Å². The zero-order valence-corrected chi connectivity index (χ0v) is 19.0. The monoisotopic (exact) mass is 454 g/mol. The van der Waals surface area contributed by atoms with Gasteiger partial charge < -0.3 is 9.47 Å². The molecule has 0 saturated heterocycles. The number of hydrogen-bond donors (Lipinski definition) is 0. The molecule has 0 bridgehead atoms. The van der Waals surface area contributed by atoms with Gasteiger partial charge in [-0.05, 0) is 37.5 Å². The van der Waals surface area contributed by atoms with Crippen LogP contribution in [0.5, 0.6) is 5.88 Å². The van der Waals surface area contributed by atoms with Crippen LogP contribution in [0.1, 0.15) is 47.8 Å². The maximum Gasteiger partial charge on any atom is 0.341 e. The van der Waals surface area contributed by atoms with Crippen LogP contribution in [-0.2, 0) is 4.74 Å². The maximum absolute atomic E-state index is 12.0. The molecule has 3 aromatic heterocycles. The average Bonchev–Trinajstić information content (AvgIpc) is 3.44. The number of ether oxygens (including phenoxy) is 2. The molecule has 32 heavy (non-hydrogen) atoms. The minimum atomic E-state index is -0.456. The van der Waals surface area contributed by atoms with Crippen molar-refractivity contribution >= 4 is 28.6 Å². The van der Waals surface area contributed by atoms with Crippen LogP contribution in [-0.4, -0.2) is 49.2 Å². The lowest BCUT2D eigenvalue weighted by Gasteiger charge is -2.19. The van der Waals surface area contributed by atoms with Gasteiger partial charge in [0, 0.05) is 11.2 Å². The first kappa shape index (κ1) is 21.8. The first-order valence-corrected chi connectivity index (χ1v) is 10.6. The van der Waals surface area contributed by atoms with E-state index in [9.17, 15) is 4.79 Å². The van der Waals surface area contributed by atoms with Gasteiger partial charge in [-0.15, -0.1) is 0 Å². The third-order valence-electron chi connectivity index (χ3n) is 5.16. The second-order valence-electron chi connectivity index (χ2n) is 7.18. The summed E-state index contributed by atoms with van der Waals surface area (Å²) in [5, 5.41) is 9.48. The summed E-state index contributed by atoms with van der Waals surface area (Å²) in [7, 11) is 1.54. The third-order valence-corrected chi connectivity index (χ3v) is 5.56. The van der Waals surface area contributed by atoms with E-state index in [1.165, 1.54) is 17.1 Å². The number of rotatable bonds is 7. The largest absolute Gasteiger partial charge is 0.479 e. The van der Waals surface area contributed by atoms with Crippen molar-refractivity contribution in [2.45, 2.75) is 33.2 Å². The summed E-state index contributed by atoms with van der Waals surface area (Å²) >= 11 is 6.36. The fraction of sp³-hybridized carbons (Fsp3) is 0.318. The van der Waals surface area contributed by atoms with Gasteiger partial charge in [0.1, 0.15) is 11.0 Å². The van der Waals surface area contributed by atoms with Gasteiger partial charge in [-0.25, -0.2) is 14.5 Å². The maximum atomic E-state index is 12.0. The lowest BCUT2D eigenvalue weighted by molar-refractivity contribution is 0.0526. The normalized spacial score (nSPS) is 12.2. The van der Waals surface area contributed by atoms with Crippen molar-refractivity contribution in [3.8, 4) is 11.8 Å². The number of halogens is 1. The molecule has 0 spiro atoms. The van der Waals surface area contributed by atoms with Gasteiger partial charge >= 0.3 is 5.97 Å². The van der Waals surface area contributed by atoms with E-state index in [0.717, 1.165) is 17.5 Å². The highest BCUT2D eigenvalue weighted by atomic mass is 35.5. The molecule has 0 aliphatic carbocycles. The van der Waals surface area contributed by atoms with Gasteiger partial charge in [-0.1, -0.05) is 30.7 Å². The molecule has 3 heterocycles. The highest BCUT2D eigenvalue weighted by Crippen LogP contribution is 2.32. The Kier molecular flexibility index (Phi) is 6.09. The summed E-state index contributed by atoms with van der Waals surface area (Å²) in [4.78, 5) is 21.0. The van der Waals surface area contributed by atoms with Gasteiger partial charge in [0.2, 0.25) is 5.88 Å². The molecule has 1 aromatic carbocycles. The number of nitrogens with zero attached hydrogens (tertiary/aromatic N) is 6. The Bertz CT molecular complexity index is 1280. The molecule has 1 atom stereocenters. The molecule has 0 fully saturated rings. The zero-order chi connectivity index (χ0) is 22.8. The molecule has 0 radical (unpaired) electrons. The van der Waals surface area contributed by atoms with Crippen LogP contribution in [0.15, 0.2) is 36.8 Å². The molecule has 0 aliphatic rings. The SMILES string of the molecule is CCOC(=O)c1cnn(-c2nc(OC)c3c(cnn3C(CC)c3ccc(C)c(Cl)c3)n2)c1. The smallest absolute Gasteiger partial charge is 0.341 e. The van der Waals surface area contributed by atoms with Crippen molar-refractivity contribution in [3.05, 3.63) is 58.5 Å². The summed E-state index contributed by atoms with van der Waals surface area (Å²) in [5.74, 6) is 0.158. The Morgan fingerprint density at radius 1 is 1.19 bits per heavy atom. The van der Waals surface area contributed by atoms with Crippen LogP contribution in [0.3, 0.4) is 0 Å². The summed E-state index contributed by atoms with van der Waals surface area (Å²) in [6, 6.07) is 5.93. The topological polar surface area (TPSA) is 97.0 Å². The van der Waals surface area contributed by atoms with Gasteiger partial charge in [0.15, 0.2) is 0 Å². The van der Waals surface area contributed by atoms with Crippen molar-refractivity contribution in [3.63, 3.8) is 0 Å². The Morgan fingerprint density at radius 3 is 2.69 bits per heavy atom. The van der Waals surface area contributed by atoms with E-state index in [1.54, 1.807) is 20.2 Å². The van der Waals surface area contributed by atoms with E-state index < -0.39 is 5.97 Å². The van der Waals surface area contributed by atoms with Gasteiger partial charge in [0.05, 0.1) is 37.7 Å². The van der Waals surface area contributed by atoms with E-state index in [1.807, 2.05) is 29.8 Å². The summed E-state index contributed by atoms with van der Waals surface area (Å²) in [5.41, 5.74) is 3.62. The molecule has 4 rings (SSSR count). The molecule has 0 aliphatic heterocycles. The van der Waals surface area contributed by atoms with Crippen molar-refractivity contribution in [2.24, 2.45) is 0 Å². The van der Waals surface area contributed by atoms with Crippen LogP contribution in [0.25, 0.3) is 17.0 Å². The lowest BCUT2D eigenvalue weighted by atomic mass is 10.0. The van der Waals surface area contributed by atoms with Crippen LogP contribution < -0.4 is 4.74 Å². The number of aryl methyl sites for hydroxylation is 1. The molecule has 166 valence electrons. The quantitative estimate of drug-likeness (QED) is 0.387. The Labute approximate surface area is 189 Å². The number of carbonyl (C=O) groups is 1. The highest BCUT2D eigenvalue weighted by Gasteiger charge is 2.22. The third kappa shape index (κ3) is 3.91. The zero-order valence-electron chi connectivity index (χ0n) is 18.2. The molecule has 9 nitrogen and oxygen atoms in total. The fourth-order valence-electron chi connectivity index (χ4n) is 3.52. The number of hydrogen-bond acceptors (Lipinski definition) is 7. The minimum Gasteiger partial charge on any atom is -0.479 e. The van der Waals surface area contributed by atoms with E-state index in [4.69, 9.17) is 21.1 Å². The Hall–Kier alpha value is -3.46. The molecular formula is C22H23ClN6O3. The Balaban J connectivity index is 1.78. The first-order valence-electron chi connectivity index (χ1n) is 10.2. The molecule has 4 aromatic rings. The van der Waals surface area contributed by atoms with Gasteiger partial charge in [-0.3, -0.25) is 4.68 Å². The fourth-order valence-corrected chi connectivity index (χ4v) is 3.71. The predicted octanol–water partition coefficient (Wildman–Crippen LogP) is 4.16. The minimum absolute atomic E-state index is 0.0749. The molecule has 10 heteroatoms. The molecule has 0 amide bonds. The van der Waals surface area contributed by atoms with Crippen LogP contribution >= 0.6 is 11.6 Å². The lowest BCUT2D eigenvalue weighted by Crippen LogP contribution is -2.13. The summed E-state index contributed by atoms with van der Waals surface area (Å²) in [6.07, 6.45) is 5.38. The molecule has 0 saturated carbocycles. The average molecular weight is 455 g/mol. The second-order valence-corrected chi connectivity index (χ2v) is 7.59. The number of benzene rings is 1. The number of aromatic nitrogens is 6.